The molecule has 0 bridgehead atoms. The Morgan fingerprint density at radius 1 is 1.09 bits per heavy atom. The van der Waals surface area contributed by atoms with Crippen molar-refractivity contribution in [2.45, 2.75) is 64.0 Å². The predicted molar refractivity (Wildman–Crippen MR) is 117 cm³/mol. The molecule has 0 aromatic heterocycles. The Hall–Kier alpha value is -3.16. The Labute approximate surface area is 187 Å². The molecule has 3 heterocycles. The number of nitrogens with one attached hydrogen (secondary N) is 1. The lowest BCUT2D eigenvalue weighted by atomic mass is 9.85. The number of fused-ring (bicyclic) bond motifs is 1. The smallest absolute Gasteiger partial charge is 0.410 e. The molecule has 4 rings (SSSR count). The van der Waals surface area contributed by atoms with Crippen LogP contribution in [0.5, 0.6) is 0 Å². The van der Waals surface area contributed by atoms with Gasteiger partial charge in [-0.25, -0.2) is 4.79 Å². The minimum absolute atomic E-state index is 0.0419. The summed E-state index contributed by atoms with van der Waals surface area (Å²) in [5.74, 6) is -1.17. The summed E-state index contributed by atoms with van der Waals surface area (Å²) in [6.45, 7) is 10.3. The highest BCUT2D eigenvalue weighted by atomic mass is 16.6. The third kappa shape index (κ3) is 4.01. The summed E-state index contributed by atoms with van der Waals surface area (Å²) in [6.07, 6.45) is 1.90. The van der Waals surface area contributed by atoms with E-state index < -0.39 is 23.5 Å². The third-order valence-corrected chi connectivity index (χ3v) is 6.20. The number of hydrogen-bond acceptors (Lipinski definition) is 5. The van der Waals surface area contributed by atoms with Crippen LogP contribution in [-0.4, -0.2) is 58.3 Å². The van der Waals surface area contributed by atoms with Gasteiger partial charge in [-0.05, 0) is 64.0 Å². The van der Waals surface area contributed by atoms with Gasteiger partial charge in [-0.2, -0.15) is 0 Å². The molecule has 2 fully saturated rings. The van der Waals surface area contributed by atoms with E-state index in [4.69, 9.17) is 4.74 Å². The van der Waals surface area contributed by atoms with Crippen LogP contribution >= 0.6 is 0 Å². The average Bonchev–Trinajstić information content (AvgIpc) is 2.98. The van der Waals surface area contributed by atoms with E-state index in [1.54, 1.807) is 17.0 Å². The molecule has 4 amide bonds. The maximum atomic E-state index is 13.3. The summed E-state index contributed by atoms with van der Waals surface area (Å²) in [4.78, 5) is 54.0. The van der Waals surface area contributed by atoms with Crippen molar-refractivity contribution in [3.8, 4) is 0 Å². The fourth-order valence-corrected chi connectivity index (χ4v) is 4.66. The van der Waals surface area contributed by atoms with Crippen molar-refractivity contribution in [2.24, 2.45) is 0 Å². The molecule has 8 heteroatoms. The van der Waals surface area contributed by atoms with Crippen LogP contribution in [0.2, 0.25) is 0 Å². The van der Waals surface area contributed by atoms with E-state index in [1.807, 2.05) is 26.8 Å². The number of nitrogens with zero attached hydrogens (tertiary/aromatic N) is 2. The SMILES string of the molecule is C=C1CCC(N2C(=O)c3cccc(C4CCN(C(=O)OC(C)(C)C)CC4)c3C2=O)C(=O)N1. The van der Waals surface area contributed by atoms with Crippen LogP contribution in [0.1, 0.15) is 78.7 Å². The first-order chi connectivity index (χ1) is 15.1. The fraction of sp³-hybridized carbons (Fsp3) is 0.500. The van der Waals surface area contributed by atoms with Crippen LogP contribution in [-0.2, 0) is 9.53 Å². The molecule has 1 atom stereocenters. The van der Waals surface area contributed by atoms with Crippen LogP contribution in [0.15, 0.2) is 30.5 Å². The van der Waals surface area contributed by atoms with Crippen molar-refractivity contribution in [2.75, 3.05) is 13.1 Å². The monoisotopic (exact) mass is 439 g/mol. The Bertz CT molecular complexity index is 1000. The summed E-state index contributed by atoms with van der Waals surface area (Å²) in [6, 6.07) is 4.49. The molecule has 170 valence electrons. The van der Waals surface area contributed by atoms with Crippen LogP contribution in [0.3, 0.4) is 0 Å². The Morgan fingerprint density at radius 3 is 2.41 bits per heavy atom. The van der Waals surface area contributed by atoms with Gasteiger partial charge in [-0.1, -0.05) is 18.7 Å². The highest BCUT2D eigenvalue weighted by Crippen LogP contribution is 2.37. The second-order valence-corrected chi connectivity index (χ2v) is 9.64. The van der Waals surface area contributed by atoms with Crippen molar-refractivity contribution in [3.63, 3.8) is 0 Å². The number of likely N-dealkylation sites (tertiary alicyclic amines) is 1. The van der Waals surface area contributed by atoms with Gasteiger partial charge in [0.1, 0.15) is 11.6 Å². The molecule has 3 aliphatic rings. The summed E-state index contributed by atoms with van der Waals surface area (Å²) < 4.78 is 5.46. The molecule has 1 aromatic carbocycles. The van der Waals surface area contributed by atoms with Crippen LogP contribution in [0.4, 0.5) is 4.79 Å². The quantitative estimate of drug-likeness (QED) is 0.714. The summed E-state index contributed by atoms with van der Waals surface area (Å²) >= 11 is 0. The Balaban J connectivity index is 1.52. The number of imide groups is 1. The molecule has 8 nitrogen and oxygen atoms in total. The number of ether oxygens (including phenoxy) is 1. The van der Waals surface area contributed by atoms with Crippen molar-refractivity contribution < 1.29 is 23.9 Å². The molecular formula is C24H29N3O5. The number of allylic oxidation sites excluding steroid dienone is 1. The van der Waals surface area contributed by atoms with Gasteiger partial charge < -0.3 is 15.0 Å². The number of hydrogen-bond donors (Lipinski definition) is 1. The van der Waals surface area contributed by atoms with Gasteiger partial charge in [0.2, 0.25) is 5.91 Å². The van der Waals surface area contributed by atoms with Crippen LogP contribution < -0.4 is 5.32 Å². The molecule has 1 aromatic rings. The highest BCUT2D eigenvalue weighted by Gasteiger charge is 2.45. The summed E-state index contributed by atoms with van der Waals surface area (Å²) in [5, 5.41) is 2.65. The van der Waals surface area contributed by atoms with Gasteiger partial charge in [-0.15, -0.1) is 0 Å². The van der Waals surface area contributed by atoms with Crippen molar-refractivity contribution in [1.29, 1.82) is 0 Å². The summed E-state index contributed by atoms with van der Waals surface area (Å²) in [7, 11) is 0. The van der Waals surface area contributed by atoms with E-state index in [0.29, 0.717) is 55.6 Å². The molecule has 0 saturated carbocycles. The van der Waals surface area contributed by atoms with Gasteiger partial charge in [0, 0.05) is 18.8 Å². The van der Waals surface area contributed by atoms with E-state index in [9.17, 15) is 19.2 Å². The Morgan fingerprint density at radius 2 is 1.78 bits per heavy atom. The normalized spacial score (nSPS) is 22.2. The van der Waals surface area contributed by atoms with Gasteiger partial charge in [0.05, 0.1) is 11.1 Å². The van der Waals surface area contributed by atoms with E-state index in [0.717, 1.165) is 10.5 Å². The first-order valence-corrected chi connectivity index (χ1v) is 11.0. The van der Waals surface area contributed by atoms with Gasteiger partial charge >= 0.3 is 6.09 Å². The largest absolute Gasteiger partial charge is 0.444 e. The van der Waals surface area contributed by atoms with Gasteiger partial charge in [-0.3, -0.25) is 19.3 Å². The molecule has 0 spiro atoms. The second-order valence-electron chi connectivity index (χ2n) is 9.64. The van der Waals surface area contributed by atoms with Gasteiger partial charge in [0.25, 0.3) is 11.8 Å². The lowest BCUT2D eigenvalue weighted by molar-refractivity contribution is -0.125. The standard InChI is InChI=1S/C24H29N3O5/c1-14-8-9-18(20(28)25-14)27-21(29)17-7-5-6-16(19(17)22(27)30)15-10-12-26(13-11-15)23(31)32-24(2,3)4/h5-7,15,18H,1,8-13H2,2-4H3,(H,25,28). The Kier molecular flexibility index (Phi) is 5.56. The first kappa shape index (κ1) is 22.0. The molecule has 0 radical (unpaired) electrons. The zero-order valence-corrected chi connectivity index (χ0v) is 18.8. The molecule has 0 aliphatic carbocycles. The van der Waals surface area contributed by atoms with Gasteiger partial charge in [0.15, 0.2) is 0 Å². The van der Waals surface area contributed by atoms with Crippen molar-refractivity contribution in [3.05, 3.63) is 47.2 Å². The van der Waals surface area contributed by atoms with E-state index in [2.05, 4.69) is 11.9 Å². The number of piperidine rings is 2. The van der Waals surface area contributed by atoms with E-state index in [-0.39, 0.29) is 17.9 Å². The van der Waals surface area contributed by atoms with E-state index in [1.165, 1.54) is 0 Å². The minimum Gasteiger partial charge on any atom is -0.444 e. The van der Waals surface area contributed by atoms with Crippen molar-refractivity contribution in [1.82, 2.24) is 15.1 Å². The number of carbonyl (C=O) groups excluding carboxylic acids is 4. The van der Waals surface area contributed by atoms with E-state index >= 15 is 0 Å². The molecule has 1 unspecified atom stereocenters. The topological polar surface area (TPSA) is 96.0 Å². The van der Waals surface area contributed by atoms with Crippen molar-refractivity contribution >= 4 is 23.8 Å². The zero-order valence-electron chi connectivity index (χ0n) is 18.8. The molecule has 2 saturated heterocycles. The van der Waals surface area contributed by atoms with Crippen LogP contribution in [0.25, 0.3) is 0 Å². The maximum Gasteiger partial charge on any atom is 0.410 e. The van der Waals surface area contributed by atoms with Crippen LogP contribution in [0, 0.1) is 0 Å². The molecular weight excluding hydrogens is 410 g/mol. The third-order valence-electron chi connectivity index (χ3n) is 6.20. The lowest BCUT2D eigenvalue weighted by Gasteiger charge is -2.34. The lowest BCUT2D eigenvalue weighted by Crippen LogP contribution is -2.51. The number of carbonyl (C=O) groups is 4. The molecule has 1 N–H and O–H groups in total. The highest BCUT2D eigenvalue weighted by molar-refractivity contribution is 6.23. The summed E-state index contributed by atoms with van der Waals surface area (Å²) in [5.41, 5.74) is 1.60. The molecule has 32 heavy (non-hydrogen) atoms. The second kappa shape index (κ2) is 8.07. The minimum atomic E-state index is -0.824. The fourth-order valence-electron chi connectivity index (χ4n) is 4.66. The maximum absolute atomic E-state index is 13.3. The predicted octanol–water partition coefficient (Wildman–Crippen LogP) is 3.19. The zero-order chi connectivity index (χ0) is 23.2. The molecule has 3 aliphatic heterocycles. The first-order valence-electron chi connectivity index (χ1n) is 11.0. The average molecular weight is 440 g/mol. The number of amides is 4. The number of rotatable bonds is 2. The number of benzene rings is 1.